The summed E-state index contributed by atoms with van der Waals surface area (Å²) < 4.78 is 4.82. The first-order chi connectivity index (χ1) is 7.54. The number of carbonyl (C=O) groups is 1. The Hall–Kier alpha value is -0.400. The average molecular weight is 316 g/mol. The Morgan fingerprint density at radius 2 is 2.22 bits per heavy atom. The van der Waals surface area contributed by atoms with Gasteiger partial charge >= 0.3 is 0 Å². The van der Waals surface area contributed by atoms with Gasteiger partial charge in [0.25, 0.3) is 0 Å². The zero-order valence-corrected chi connectivity index (χ0v) is 13.0. The lowest BCUT2D eigenvalue weighted by atomic mass is 10.2. The van der Waals surface area contributed by atoms with Crippen LogP contribution in [0.25, 0.3) is 0 Å². The molecule has 0 aromatic carbocycles. The molecule has 1 amide bonds. The summed E-state index contributed by atoms with van der Waals surface area (Å²) in [5, 5.41) is 3.68. The second kappa shape index (κ2) is 9.52. The number of nitrogens with one attached hydrogen (secondary N) is 1. The number of carbonyl (C=O) groups excluding carboxylic acids is 1. The second-order valence-electron chi connectivity index (χ2n) is 3.60. The highest BCUT2D eigenvalue weighted by molar-refractivity contribution is 7.11. The lowest BCUT2D eigenvalue weighted by molar-refractivity contribution is -0.124. The minimum absolute atomic E-state index is 0. The van der Waals surface area contributed by atoms with Crippen molar-refractivity contribution in [2.75, 3.05) is 13.7 Å². The van der Waals surface area contributed by atoms with Crippen molar-refractivity contribution in [3.8, 4) is 0 Å². The highest BCUT2D eigenvalue weighted by Crippen LogP contribution is 2.18. The Bertz CT molecular complexity index is 363. The molecule has 0 aliphatic rings. The minimum Gasteiger partial charge on any atom is -0.383 e. The molecule has 0 radical (unpaired) electrons. The first kappa shape index (κ1) is 19.9. The predicted molar refractivity (Wildman–Crippen MR) is 77.8 cm³/mol. The molecule has 0 aliphatic carbocycles. The fraction of sp³-hybridized carbons (Fsp3) is 0.600. The largest absolute Gasteiger partial charge is 0.383 e. The molecular formula is C10H19Cl2N3O2S. The summed E-state index contributed by atoms with van der Waals surface area (Å²) in [6, 6.07) is -0.748. The molecule has 3 N–H and O–H groups in total. The van der Waals surface area contributed by atoms with Crippen molar-refractivity contribution >= 4 is 42.1 Å². The average Bonchev–Trinajstić information content (AvgIpc) is 2.65. The fourth-order valence-electron chi connectivity index (χ4n) is 1.21. The molecule has 1 aromatic heterocycles. The van der Waals surface area contributed by atoms with E-state index in [0.717, 1.165) is 9.88 Å². The molecule has 0 saturated heterocycles. The van der Waals surface area contributed by atoms with E-state index in [0.29, 0.717) is 0 Å². The van der Waals surface area contributed by atoms with Crippen LogP contribution in [0.4, 0.5) is 0 Å². The zero-order chi connectivity index (χ0) is 12.1. The van der Waals surface area contributed by atoms with Gasteiger partial charge in [0.2, 0.25) is 5.91 Å². The summed E-state index contributed by atoms with van der Waals surface area (Å²) in [5.74, 6) is -0.220. The molecule has 106 valence electrons. The maximum Gasteiger partial charge on any atom is 0.239 e. The summed E-state index contributed by atoms with van der Waals surface area (Å²) >= 11 is 1.56. The quantitative estimate of drug-likeness (QED) is 0.862. The smallest absolute Gasteiger partial charge is 0.239 e. The standard InChI is InChI=1S/C10H17N3O2S.2ClH/c1-6-4-12-10(16-6)7(2)13-9(14)8(11)5-15-3;;/h4,7-8H,5,11H2,1-3H3,(H,13,14);2*1H. The topological polar surface area (TPSA) is 77.2 Å². The number of hydrogen-bond donors (Lipinski definition) is 2. The summed E-state index contributed by atoms with van der Waals surface area (Å²) in [6.45, 7) is 4.08. The lowest BCUT2D eigenvalue weighted by Crippen LogP contribution is -2.44. The van der Waals surface area contributed by atoms with Crippen LogP contribution in [0.3, 0.4) is 0 Å². The van der Waals surface area contributed by atoms with E-state index >= 15 is 0 Å². The van der Waals surface area contributed by atoms with Crippen molar-refractivity contribution in [2.45, 2.75) is 25.9 Å². The highest BCUT2D eigenvalue weighted by Gasteiger charge is 2.17. The van der Waals surface area contributed by atoms with E-state index in [1.165, 1.54) is 7.11 Å². The number of amides is 1. The van der Waals surface area contributed by atoms with Crippen LogP contribution in [-0.2, 0) is 9.53 Å². The van der Waals surface area contributed by atoms with Crippen molar-refractivity contribution in [1.29, 1.82) is 0 Å². The number of halogens is 2. The molecule has 2 atom stereocenters. The molecule has 2 unspecified atom stereocenters. The summed E-state index contributed by atoms with van der Waals surface area (Å²) in [4.78, 5) is 16.9. The predicted octanol–water partition coefficient (Wildman–Crippen LogP) is 1.45. The molecule has 0 aliphatic heterocycles. The Labute approximate surface area is 123 Å². The second-order valence-corrected chi connectivity index (χ2v) is 4.87. The SMILES string of the molecule is COCC(N)C(=O)NC(C)c1ncc(C)s1.Cl.Cl. The number of nitrogens with two attached hydrogens (primary N) is 1. The fourth-order valence-corrected chi connectivity index (χ4v) is 1.99. The van der Waals surface area contributed by atoms with Crippen molar-refractivity contribution in [3.63, 3.8) is 0 Å². The lowest BCUT2D eigenvalue weighted by Gasteiger charge is -2.15. The van der Waals surface area contributed by atoms with Gasteiger partial charge in [0.1, 0.15) is 11.0 Å². The van der Waals surface area contributed by atoms with Crippen LogP contribution >= 0.6 is 36.2 Å². The van der Waals surface area contributed by atoms with Gasteiger partial charge in [0.05, 0.1) is 12.6 Å². The molecule has 8 heteroatoms. The first-order valence-corrected chi connectivity index (χ1v) is 5.83. The van der Waals surface area contributed by atoms with Crippen molar-refractivity contribution in [3.05, 3.63) is 16.1 Å². The van der Waals surface area contributed by atoms with Gasteiger partial charge in [-0.3, -0.25) is 4.79 Å². The maximum absolute atomic E-state index is 11.6. The van der Waals surface area contributed by atoms with E-state index in [9.17, 15) is 4.79 Å². The van der Waals surface area contributed by atoms with E-state index in [2.05, 4.69) is 10.3 Å². The molecule has 1 rings (SSSR count). The Morgan fingerprint density at radius 3 is 2.67 bits per heavy atom. The molecular weight excluding hydrogens is 297 g/mol. The molecule has 1 aromatic rings. The molecule has 0 saturated carbocycles. The Balaban J connectivity index is 0. The van der Waals surface area contributed by atoms with Crippen molar-refractivity contribution < 1.29 is 9.53 Å². The number of nitrogens with zero attached hydrogens (tertiary/aromatic N) is 1. The van der Waals surface area contributed by atoms with Crippen LogP contribution in [-0.4, -0.2) is 30.6 Å². The molecule has 1 heterocycles. The van der Waals surface area contributed by atoms with Gasteiger partial charge in [0, 0.05) is 18.2 Å². The normalized spacial score (nSPS) is 12.9. The molecule has 5 nitrogen and oxygen atoms in total. The van der Waals surface area contributed by atoms with Crippen LogP contribution in [0.15, 0.2) is 6.20 Å². The maximum atomic E-state index is 11.6. The van der Waals surface area contributed by atoms with E-state index in [1.54, 1.807) is 17.5 Å². The molecule has 18 heavy (non-hydrogen) atoms. The van der Waals surface area contributed by atoms with Gasteiger partial charge in [-0.1, -0.05) is 0 Å². The zero-order valence-electron chi connectivity index (χ0n) is 10.5. The van der Waals surface area contributed by atoms with Gasteiger partial charge < -0.3 is 15.8 Å². The van der Waals surface area contributed by atoms with Crippen molar-refractivity contribution in [1.82, 2.24) is 10.3 Å². The van der Waals surface area contributed by atoms with Crippen molar-refractivity contribution in [2.24, 2.45) is 5.73 Å². The highest BCUT2D eigenvalue weighted by atomic mass is 35.5. The number of thiazole rings is 1. The molecule has 0 spiro atoms. The third kappa shape index (κ3) is 5.97. The van der Waals surface area contributed by atoms with E-state index in [1.807, 2.05) is 13.8 Å². The number of methoxy groups -OCH3 is 1. The first-order valence-electron chi connectivity index (χ1n) is 5.01. The van der Waals surface area contributed by atoms with Crippen LogP contribution in [0.2, 0.25) is 0 Å². The van der Waals surface area contributed by atoms with Gasteiger partial charge in [0.15, 0.2) is 0 Å². The third-order valence-corrected chi connectivity index (χ3v) is 3.15. The van der Waals surface area contributed by atoms with E-state index < -0.39 is 6.04 Å². The number of rotatable bonds is 5. The number of aryl methyl sites for hydroxylation is 1. The Morgan fingerprint density at radius 1 is 1.61 bits per heavy atom. The minimum atomic E-state index is -0.631. The van der Waals surface area contributed by atoms with Crippen LogP contribution in [0, 0.1) is 6.92 Å². The third-order valence-electron chi connectivity index (χ3n) is 2.05. The van der Waals surface area contributed by atoms with Gasteiger partial charge in [-0.15, -0.1) is 36.2 Å². The summed E-state index contributed by atoms with van der Waals surface area (Å²) in [5.41, 5.74) is 5.61. The summed E-state index contributed by atoms with van der Waals surface area (Å²) in [6.07, 6.45) is 1.79. The number of aromatic nitrogens is 1. The number of hydrogen-bond acceptors (Lipinski definition) is 5. The Kier molecular flexibility index (Phi) is 10.5. The molecule has 0 bridgehead atoms. The number of ether oxygens (including phenoxy) is 1. The summed E-state index contributed by atoms with van der Waals surface area (Å²) in [7, 11) is 1.51. The van der Waals surface area contributed by atoms with Gasteiger partial charge in [-0.2, -0.15) is 0 Å². The molecule has 0 fully saturated rings. The van der Waals surface area contributed by atoms with E-state index in [4.69, 9.17) is 10.5 Å². The van der Waals surface area contributed by atoms with Crippen LogP contribution < -0.4 is 11.1 Å². The monoisotopic (exact) mass is 315 g/mol. The van der Waals surface area contributed by atoms with Crippen LogP contribution in [0.1, 0.15) is 22.9 Å². The van der Waals surface area contributed by atoms with E-state index in [-0.39, 0.29) is 43.4 Å². The van der Waals surface area contributed by atoms with Crippen LogP contribution in [0.5, 0.6) is 0 Å². The van der Waals surface area contributed by atoms with Gasteiger partial charge in [-0.05, 0) is 13.8 Å². The van der Waals surface area contributed by atoms with Gasteiger partial charge in [-0.25, -0.2) is 4.98 Å².